The maximum Gasteiger partial charge on any atom is 0.255 e. The van der Waals surface area contributed by atoms with Crippen LogP contribution in [-0.2, 0) is 9.84 Å². The Kier molecular flexibility index (Phi) is 6.19. The number of halogens is 1. The van der Waals surface area contributed by atoms with Crippen molar-refractivity contribution in [3.63, 3.8) is 0 Å². The molecule has 2 aromatic rings. The van der Waals surface area contributed by atoms with Crippen molar-refractivity contribution in [3.8, 4) is 0 Å². The van der Waals surface area contributed by atoms with E-state index in [0.717, 1.165) is 10.5 Å². The lowest BCUT2D eigenvalue weighted by Crippen LogP contribution is -2.30. The van der Waals surface area contributed by atoms with Gasteiger partial charge in [-0.1, -0.05) is 23.7 Å². The topological polar surface area (TPSA) is 54.5 Å². The lowest BCUT2D eigenvalue weighted by atomic mass is 10.1. The molecule has 134 valence electrons. The summed E-state index contributed by atoms with van der Waals surface area (Å²) in [6.07, 6.45) is 3.11. The molecule has 2 rings (SSSR count). The molecule has 1 amide bonds. The fourth-order valence-electron chi connectivity index (χ4n) is 2.38. The Hall–Kier alpha value is -1.50. The van der Waals surface area contributed by atoms with Crippen LogP contribution in [0, 0.1) is 0 Å². The Balaban J connectivity index is 2.27. The van der Waals surface area contributed by atoms with E-state index in [9.17, 15) is 13.2 Å². The number of amides is 1. The van der Waals surface area contributed by atoms with Crippen molar-refractivity contribution in [1.82, 2.24) is 4.90 Å². The molecule has 0 aliphatic rings. The van der Waals surface area contributed by atoms with Crippen LogP contribution in [0.1, 0.15) is 28.9 Å². The van der Waals surface area contributed by atoms with Gasteiger partial charge in [0.25, 0.3) is 5.91 Å². The van der Waals surface area contributed by atoms with Crippen LogP contribution in [-0.4, -0.2) is 38.8 Å². The number of benzene rings is 2. The Labute approximate surface area is 158 Å². The van der Waals surface area contributed by atoms with E-state index in [-0.39, 0.29) is 16.8 Å². The molecule has 0 N–H and O–H groups in total. The molecule has 1 atom stereocenters. The van der Waals surface area contributed by atoms with Crippen molar-refractivity contribution in [2.45, 2.75) is 22.8 Å². The van der Waals surface area contributed by atoms with Crippen molar-refractivity contribution >= 4 is 39.1 Å². The van der Waals surface area contributed by atoms with E-state index in [2.05, 4.69) is 0 Å². The third-order valence-electron chi connectivity index (χ3n) is 4.10. The molecule has 0 fully saturated rings. The first-order valence-electron chi connectivity index (χ1n) is 7.56. The molecule has 0 bridgehead atoms. The summed E-state index contributed by atoms with van der Waals surface area (Å²) in [6, 6.07) is 11.7. The molecule has 0 radical (unpaired) electrons. The van der Waals surface area contributed by atoms with Gasteiger partial charge >= 0.3 is 0 Å². The summed E-state index contributed by atoms with van der Waals surface area (Å²) < 4.78 is 23.1. The van der Waals surface area contributed by atoms with Gasteiger partial charge in [-0.2, -0.15) is 0 Å². The molecular weight excluding hydrogens is 378 g/mol. The molecule has 4 nitrogen and oxygen atoms in total. The predicted octanol–water partition coefficient (Wildman–Crippen LogP) is 4.30. The van der Waals surface area contributed by atoms with Crippen molar-refractivity contribution in [2.24, 2.45) is 0 Å². The van der Waals surface area contributed by atoms with Gasteiger partial charge in [-0.25, -0.2) is 8.42 Å². The molecule has 0 aliphatic heterocycles. The largest absolute Gasteiger partial charge is 0.335 e. The standard InChI is InChI=1S/C18H20ClNO3S2/c1-12(13-5-8-15(9-6-13)25(4,22)23)20(2)18(21)16-11-14(24-3)7-10-17(16)19/h5-12H,1-4H3. The highest BCUT2D eigenvalue weighted by atomic mass is 35.5. The monoisotopic (exact) mass is 397 g/mol. The van der Waals surface area contributed by atoms with Crippen LogP contribution in [0.2, 0.25) is 5.02 Å². The molecule has 1 unspecified atom stereocenters. The minimum absolute atomic E-state index is 0.180. The van der Waals surface area contributed by atoms with Gasteiger partial charge in [0.15, 0.2) is 9.84 Å². The minimum Gasteiger partial charge on any atom is -0.335 e. The van der Waals surface area contributed by atoms with E-state index in [1.54, 1.807) is 60.1 Å². The number of rotatable bonds is 5. The number of thioether (sulfide) groups is 1. The van der Waals surface area contributed by atoms with Crippen LogP contribution in [0.4, 0.5) is 0 Å². The van der Waals surface area contributed by atoms with Crippen LogP contribution in [0.15, 0.2) is 52.3 Å². The third-order valence-corrected chi connectivity index (χ3v) is 6.28. The molecule has 2 aromatic carbocycles. The summed E-state index contributed by atoms with van der Waals surface area (Å²) in [5.74, 6) is -0.180. The van der Waals surface area contributed by atoms with Gasteiger partial charge in [-0.3, -0.25) is 4.79 Å². The quantitative estimate of drug-likeness (QED) is 0.706. The van der Waals surface area contributed by atoms with Gasteiger partial charge in [0.2, 0.25) is 0 Å². The second-order valence-corrected chi connectivity index (χ2v) is 9.08. The predicted molar refractivity (Wildman–Crippen MR) is 103 cm³/mol. The lowest BCUT2D eigenvalue weighted by Gasteiger charge is -2.26. The molecule has 0 heterocycles. The van der Waals surface area contributed by atoms with E-state index in [4.69, 9.17) is 11.6 Å². The zero-order valence-corrected chi connectivity index (χ0v) is 16.9. The van der Waals surface area contributed by atoms with Crippen LogP contribution in [0.3, 0.4) is 0 Å². The molecule has 0 saturated carbocycles. The highest BCUT2D eigenvalue weighted by Crippen LogP contribution is 2.27. The van der Waals surface area contributed by atoms with E-state index in [1.165, 1.54) is 6.26 Å². The second kappa shape index (κ2) is 7.81. The number of hydrogen-bond donors (Lipinski definition) is 0. The second-order valence-electron chi connectivity index (χ2n) is 5.78. The Morgan fingerprint density at radius 3 is 2.28 bits per heavy atom. The maximum atomic E-state index is 12.8. The SMILES string of the molecule is CSc1ccc(Cl)c(C(=O)N(C)C(C)c2ccc(S(C)(=O)=O)cc2)c1. The van der Waals surface area contributed by atoms with Crippen molar-refractivity contribution in [3.05, 3.63) is 58.6 Å². The molecule has 7 heteroatoms. The van der Waals surface area contributed by atoms with Crippen molar-refractivity contribution in [1.29, 1.82) is 0 Å². The van der Waals surface area contributed by atoms with Crippen LogP contribution < -0.4 is 0 Å². The average Bonchev–Trinajstić information content (AvgIpc) is 2.59. The van der Waals surface area contributed by atoms with Crippen LogP contribution >= 0.6 is 23.4 Å². The summed E-state index contributed by atoms with van der Waals surface area (Å²) in [4.78, 5) is 15.6. The van der Waals surface area contributed by atoms with Crippen LogP contribution in [0.5, 0.6) is 0 Å². The summed E-state index contributed by atoms with van der Waals surface area (Å²) in [5.41, 5.74) is 1.30. The summed E-state index contributed by atoms with van der Waals surface area (Å²) in [6.45, 7) is 1.89. The van der Waals surface area contributed by atoms with Crippen LogP contribution in [0.25, 0.3) is 0 Å². The number of hydrogen-bond acceptors (Lipinski definition) is 4. The van der Waals surface area contributed by atoms with Gasteiger partial charge < -0.3 is 4.90 Å². The molecular formula is C18H20ClNO3S2. The average molecular weight is 398 g/mol. The third kappa shape index (κ3) is 4.57. The highest BCUT2D eigenvalue weighted by Gasteiger charge is 2.21. The smallest absolute Gasteiger partial charge is 0.255 e. The Bertz CT molecular complexity index is 880. The zero-order chi connectivity index (χ0) is 18.8. The Morgan fingerprint density at radius 2 is 1.76 bits per heavy atom. The normalized spacial score (nSPS) is 12.7. The zero-order valence-electron chi connectivity index (χ0n) is 14.5. The van der Waals surface area contributed by atoms with Gasteiger partial charge in [0, 0.05) is 18.2 Å². The molecule has 0 spiro atoms. The van der Waals surface area contributed by atoms with E-state index in [1.807, 2.05) is 19.2 Å². The number of nitrogens with zero attached hydrogens (tertiary/aromatic N) is 1. The van der Waals surface area contributed by atoms with E-state index >= 15 is 0 Å². The molecule has 0 aromatic heterocycles. The summed E-state index contributed by atoms with van der Waals surface area (Å²) in [7, 11) is -1.53. The maximum absolute atomic E-state index is 12.8. The van der Waals surface area contributed by atoms with Gasteiger partial charge in [-0.15, -0.1) is 11.8 Å². The highest BCUT2D eigenvalue weighted by molar-refractivity contribution is 7.98. The van der Waals surface area contributed by atoms with Crippen molar-refractivity contribution in [2.75, 3.05) is 19.6 Å². The van der Waals surface area contributed by atoms with Gasteiger partial charge in [0.1, 0.15) is 0 Å². The minimum atomic E-state index is -3.24. The fourth-order valence-corrected chi connectivity index (χ4v) is 3.65. The number of carbonyl (C=O) groups excluding carboxylic acids is 1. The molecule has 25 heavy (non-hydrogen) atoms. The fraction of sp³-hybridized carbons (Fsp3) is 0.278. The van der Waals surface area contributed by atoms with Gasteiger partial charge in [0.05, 0.1) is 21.5 Å². The molecule has 0 aliphatic carbocycles. The first kappa shape index (κ1) is 19.8. The lowest BCUT2D eigenvalue weighted by molar-refractivity contribution is 0.0742. The van der Waals surface area contributed by atoms with E-state index in [0.29, 0.717) is 10.6 Å². The van der Waals surface area contributed by atoms with Crippen molar-refractivity contribution < 1.29 is 13.2 Å². The first-order chi connectivity index (χ1) is 11.6. The van der Waals surface area contributed by atoms with Gasteiger partial charge in [-0.05, 0) is 49.1 Å². The summed E-state index contributed by atoms with van der Waals surface area (Å²) in [5, 5.41) is 0.411. The molecule has 0 saturated heterocycles. The number of carbonyl (C=O) groups is 1. The van der Waals surface area contributed by atoms with E-state index < -0.39 is 9.84 Å². The summed E-state index contributed by atoms with van der Waals surface area (Å²) >= 11 is 7.73. The Morgan fingerprint density at radius 1 is 1.16 bits per heavy atom. The first-order valence-corrected chi connectivity index (χ1v) is 11.0. The number of sulfone groups is 1.